The molecule has 1 fully saturated rings. The van der Waals surface area contributed by atoms with E-state index >= 15 is 0 Å². The van der Waals surface area contributed by atoms with Gasteiger partial charge < -0.3 is 9.84 Å². The number of carboxylic acid groups (broad SMARTS) is 1. The highest BCUT2D eigenvalue weighted by Gasteiger charge is 2.45. The molecule has 1 aliphatic rings. The second kappa shape index (κ2) is 5.78. The Balaban J connectivity index is 2.21. The summed E-state index contributed by atoms with van der Waals surface area (Å²) in [6, 6.07) is 19.4. The van der Waals surface area contributed by atoms with Crippen LogP contribution in [0.5, 0.6) is 0 Å². The van der Waals surface area contributed by atoms with E-state index in [-0.39, 0.29) is 11.7 Å². The molecule has 2 aromatic rings. The maximum absolute atomic E-state index is 11.8. The van der Waals surface area contributed by atoms with Crippen LogP contribution in [0.15, 0.2) is 72.8 Å². The lowest BCUT2D eigenvalue weighted by atomic mass is 9.66. The molecule has 0 aromatic heterocycles. The normalized spacial score (nSPS) is 17.0. The molecule has 1 heterocycles. The smallest absolute Gasteiger partial charge is 0.332 e. The molecular formula is C19H18O3. The highest BCUT2D eigenvalue weighted by molar-refractivity contribution is 5.90. The summed E-state index contributed by atoms with van der Waals surface area (Å²) < 4.78 is 5.40. The Morgan fingerprint density at radius 3 is 1.91 bits per heavy atom. The number of hydrogen-bond donors (Lipinski definition) is 1. The Labute approximate surface area is 129 Å². The second-order valence-corrected chi connectivity index (χ2v) is 5.58. The minimum atomic E-state index is -0.978. The van der Waals surface area contributed by atoms with Crippen LogP contribution in [0.3, 0.4) is 0 Å². The summed E-state index contributed by atoms with van der Waals surface area (Å²) in [5, 5.41) is 9.63. The molecule has 0 spiro atoms. The largest absolute Gasteiger partial charge is 0.478 e. The number of rotatable bonds is 6. The van der Waals surface area contributed by atoms with Gasteiger partial charge in [-0.05, 0) is 17.5 Å². The Kier molecular flexibility index (Phi) is 3.82. The Bertz CT molecular complexity index is 633. The summed E-state index contributed by atoms with van der Waals surface area (Å²) in [7, 11) is 0. The number of aliphatic carboxylic acids is 1. The fraction of sp³-hybridized carbons (Fsp3) is 0.211. The van der Waals surface area contributed by atoms with Crippen LogP contribution in [0.1, 0.15) is 17.5 Å². The molecule has 1 unspecified atom stereocenters. The van der Waals surface area contributed by atoms with E-state index in [0.717, 1.165) is 11.1 Å². The highest BCUT2D eigenvalue weighted by atomic mass is 16.6. The van der Waals surface area contributed by atoms with Crippen molar-refractivity contribution >= 4 is 5.97 Å². The average Bonchev–Trinajstić information content (AvgIpc) is 3.37. The molecule has 1 N–H and O–H groups in total. The van der Waals surface area contributed by atoms with Crippen LogP contribution in [0, 0.1) is 0 Å². The van der Waals surface area contributed by atoms with Crippen molar-refractivity contribution < 1.29 is 14.6 Å². The van der Waals surface area contributed by atoms with E-state index in [1.807, 2.05) is 60.7 Å². The molecule has 2 aromatic carbocycles. The predicted octanol–water partition coefficient (Wildman–Crippen LogP) is 3.40. The first kappa shape index (κ1) is 14.5. The molecule has 0 amide bonds. The summed E-state index contributed by atoms with van der Waals surface area (Å²) in [5.41, 5.74) is 1.28. The molecule has 1 aliphatic heterocycles. The first-order chi connectivity index (χ1) is 10.6. The highest BCUT2D eigenvalue weighted by Crippen LogP contribution is 2.44. The molecular weight excluding hydrogens is 276 g/mol. The van der Waals surface area contributed by atoms with Gasteiger partial charge in [-0.15, -0.1) is 0 Å². The maximum atomic E-state index is 11.8. The SMILES string of the molecule is C=C(C(=O)O)C(CC1CO1)(c1ccccc1)c1ccccc1. The zero-order valence-electron chi connectivity index (χ0n) is 12.2. The molecule has 0 radical (unpaired) electrons. The Morgan fingerprint density at radius 2 is 1.55 bits per heavy atom. The van der Waals surface area contributed by atoms with Crippen LogP contribution in [0.25, 0.3) is 0 Å². The number of carbonyl (C=O) groups is 1. The fourth-order valence-electron chi connectivity index (χ4n) is 3.03. The van der Waals surface area contributed by atoms with Crippen molar-refractivity contribution in [2.75, 3.05) is 6.61 Å². The van der Waals surface area contributed by atoms with E-state index in [9.17, 15) is 9.90 Å². The molecule has 112 valence electrons. The van der Waals surface area contributed by atoms with Crippen molar-refractivity contribution in [2.24, 2.45) is 0 Å². The number of hydrogen-bond acceptors (Lipinski definition) is 2. The van der Waals surface area contributed by atoms with Crippen molar-refractivity contribution in [2.45, 2.75) is 17.9 Å². The number of ether oxygens (including phenoxy) is 1. The average molecular weight is 294 g/mol. The van der Waals surface area contributed by atoms with Gasteiger partial charge in [0.25, 0.3) is 0 Å². The van der Waals surface area contributed by atoms with Gasteiger partial charge >= 0.3 is 5.97 Å². The van der Waals surface area contributed by atoms with Gasteiger partial charge in [0.05, 0.1) is 18.1 Å². The monoisotopic (exact) mass is 294 g/mol. The maximum Gasteiger partial charge on any atom is 0.332 e. The molecule has 3 nitrogen and oxygen atoms in total. The van der Waals surface area contributed by atoms with Gasteiger partial charge in [0.2, 0.25) is 0 Å². The van der Waals surface area contributed by atoms with Crippen LogP contribution in [0.2, 0.25) is 0 Å². The van der Waals surface area contributed by atoms with Gasteiger partial charge in [0.15, 0.2) is 0 Å². The van der Waals surface area contributed by atoms with Gasteiger partial charge in [-0.3, -0.25) is 0 Å². The number of epoxide rings is 1. The fourth-order valence-corrected chi connectivity index (χ4v) is 3.03. The number of carboxylic acids is 1. The van der Waals surface area contributed by atoms with Gasteiger partial charge in [-0.1, -0.05) is 67.2 Å². The second-order valence-electron chi connectivity index (χ2n) is 5.58. The van der Waals surface area contributed by atoms with E-state index in [2.05, 4.69) is 6.58 Å². The third-order valence-corrected chi connectivity index (χ3v) is 4.24. The molecule has 1 saturated heterocycles. The number of benzene rings is 2. The van der Waals surface area contributed by atoms with Crippen LogP contribution < -0.4 is 0 Å². The minimum absolute atomic E-state index is 0.0801. The Hall–Kier alpha value is -2.39. The lowest BCUT2D eigenvalue weighted by Gasteiger charge is -2.35. The van der Waals surface area contributed by atoms with Crippen molar-refractivity contribution in [3.63, 3.8) is 0 Å². The Morgan fingerprint density at radius 1 is 1.09 bits per heavy atom. The van der Waals surface area contributed by atoms with Gasteiger partial charge in [-0.2, -0.15) is 0 Å². The van der Waals surface area contributed by atoms with Gasteiger partial charge in [-0.25, -0.2) is 4.79 Å². The topological polar surface area (TPSA) is 49.8 Å². The predicted molar refractivity (Wildman–Crippen MR) is 84.8 cm³/mol. The molecule has 3 rings (SSSR count). The van der Waals surface area contributed by atoms with E-state index in [0.29, 0.717) is 13.0 Å². The zero-order chi connectivity index (χ0) is 15.6. The molecule has 3 heteroatoms. The summed E-state index contributed by atoms with van der Waals surface area (Å²) in [6.07, 6.45) is 0.670. The van der Waals surface area contributed by atoms with Crippen LogP contribution in [0.4, 0.5) is 0 Å². The van der Waals surface area contributed by atoms with Crippen LogP contribution in [-0.2, 0) is 14.9 Å². The molecule has 0 bridgehead atoms. The molecule has 22 heavy (non-hydrogen) atoms. The molecule has 0 aliphatic carbocycles. The molecule has 0 saturated carbocycles. The van der Waals surface area contributed by atoms with Gasteiger partial charge in [0, 0.05) is 5.57 Å². The lowest BCUT2D eigenvalue weighted by molar-refractivity contribution is -0.133. The summed E-state index contributed by atoms with van der Waals surface area (Å²) >= 11 is 0. The van der Waals surface area contributed by atoms with E-state index in [1.165, 1.54) is 0 Å². The summed E-state index contributed by atoms with van der Waals surface area (Å²) in [5.74, 6) is -0.978. The van der Waals surface area contributed by atoms with E-state index in [1.54, 1.807) is 0 Å². The van der Waals surface area contributed by atoms with E-state index in [4.69, 9.17) is 4.74 Å². The lowest BCUT2D eigenvalue weighted by Crippen LogP contribution is -2.35. The summed E-state index contributed by atoms with van der Waals surface area (Å²) in [4.78, 5) is 11.8. The van der Waals surface area contributed by atoms with Crippen LogP contribution >= 0.6 is 0 Å². The summed E-state index contributed by atoms with van der Waals surface area (Å²) in [6.45, 7) is 4.58. The van der Waals surface area contributed by atoms with Crippen molar-refractivity contribution in [1.82, 2.24) is 0 Å². The zero-order valence-corrected chi connectivity index (χ0v) is 12.2. The molecule has 1 atom stereocenters. The quantitative estimate of drug-likeness (QED) is 0.656. The van der Waals surface area contributed by atoms with Crippen molar-refractivity contribution in [3.05, 3.63) is 83.9 Å². The van der Waals surface area contributed by atoms with Gasteiger partial charge in [0.1, 0.15) is 0 Å². The standard InChI is InChI=1S/C19H18O3/c1-14(18(20)21)19(12-17-13-22-17,15-8-4-2-5-9-15)16-10-6-3-7-11-16/h2-11,17H,1,12-13H2,(H,20,21). The third kappa shape index (κ3) is 2.55. The minimum Gasteiger partial charge on any atom is -0.478 e. The van der Waals surface area contributed by atoms with E-state index < -0.39 is 11.4 Å². The van der Waals surface area contributed by atoms with Crippen molar-refractivity contribution in [3.8, 4) is 0 Å². The van der Waals surface area contributed by atoms with Crippen LogP contribution in [-0.4, -0.2) is 23.8 Å². The first-order valence-corrected chi connectivity index (χ1v) is 7.30. The van der Waals surface area contributed by atoms with Crippen molar-refractivity contribution in [1.29, 1.82) is 0 Å². The first-order valence-electron chi connectivity index (χ1n) is 7.30. The third-order valence-electron chi connectivity index (χ3n) is 4.24.